The van der Waals surface area contributed by atoms with Crippen LogP contribution in [0, 0.1) is 5.92 Å². The van der Waals surface area contributed by atoms with Gasteiger partial charge in [0.1, 0.15) is 5.75 Å². The molecule has 2 aliphatic rings. The Balaban J connectivity index is 1.47. The third-order valence-electron chi connectivity index (χ3n) is 4.44. The van der Waals surface area contributed by atoms with Crippen LogP contribution in [0.25, 0.3) is 0 Å². The summed E-state index contributed by atoms with van der Waals surface area (Å²) in [5, 5.41) is 0. The molecule has 2 heterocycles. The van der Waals surface area contributed by atoms with E-state index in [4.69, 9.17) is 9.47 Å². The number of halogens is 3. The molecule has 138 valence electrons. The zero-order valence-corrected chi connectivity index (χ0v) is 13.6. The van der Waals surface area contributed by atoms with Gasteiger partial charge in [-0.15, -0.1) is 13.2 Å². The first-order chi connectivity index (χ1) is 11.9. The van der Waals surface area contributed by atoms with E-state index in [1.54, 1.807) is 4.90 Å². The van der Waals surface area contributed by atoms with E-state index >= 15 is 0 Å². The van der Waals surface area contributed by atoms with Gasteiger partial charge < -0.3 is 19.1 Å². The van der Waals surface area contributed by atoms with E-state index in [0.717, 1.165) is 12.8 Å². The fourth-order valence-corrected chi connectivity index (χ4v) is 3.17. The van der Waals surface area contributed by atoms with Crippen molar-refractivity contribution in [1.29, 1.82) is 0 Å². The van der Waals surface area contributed by atoms with E-state index in [9.17, 15) is 18.0 Å². The first-order valence-corrected chi connectivity index (χ1v) is 8.26. The van der Waals surface area contributed by atoms with Crippen LogP contribution < -0.4 is 4.74 Å². The zero-order valence-electron chi connectivity index (χ0n) is 13.6. The van der Waals surface area contributed by atoms with Crippen LogP contribution in [-0.4, -0.2) is 49.8 Å². The Kier molecular flexibility index (Phi) is 5.48. The van der Waals surface area contributed by atoms with E-state index in [1.165, 1.54) is 24.3 Å². The summed E-state index contributed by atoms with van der Waals surface area (Å²) in [5.74, 6) is -0.0115. The number of benzene rings is 1. The first-order valence-electron chi connectivity index (χ1n) is 8.26. The lowest BCUT2D eigenvalue weighted by Crippen LogP contribution is -2.42. The average Bonchev–Trinajstić information content (AvgIpc) is 3.10. The maximum atomic E-state index is 12.4. The van der Waals surface area contributed by atoms with Crippen LogP contribution in [0.1, 0.15) is 18.4 Å². The highest BCUT2D eigenvalue weighted by molar-refractivity contribution is 5.78. The molecule has 8 heteroatoms. The fourth-order valence-electron chi connectivity index (χ4n) is 3.17. The molecule has 0 aliphatic carbocycles. The number of ether oxygens (including phenoxy) is 3. The molecule has 0 N–H and O–H groups in total. The second-order valence-corrected chi connectivity index (χ2v) is 6.20. The molecule has 2 aliphatic heterocycles. The standard InChI is InChI=1S/C17H20F3NO4/c18-17(19,20)25-14-3-1-12(2-4-14)11-15(22)21-7-5-13(6-8-21)16-23-9-10-24-16/h1-4,13,16H,5-11H2. The fraction of sp³-hybridized carbons (Fsp3) is 0.588. The minimum atomic E-state index is -4.71. The molecule has 0 bridgehead atoms. The summed E-state index contributed by atoms with van der Waals surface area (Å²) in [6.45, 7) is 2.53. The smallest absolute Gasteiger partial charge is 0.406 e. The summed E-state index contributed by atoms with van der Waals surface area (Å²) in [7, 11) is 0. The minimum Gasteiger partial charge on any atom is -0.406 e. The normalized spacial score (nSPS) is 20.0. The van der Waals surface area contributed by atoms with Gasteiger partial charge in [0, 0.05) is 19.0 Å². The van der Waals surface area contributed by atoms with E-state index in [-0.39, 0.29) is 24.4 Å². The summed E-state index contributed by atoms with van der Waals surface area (Å²) in [6.07, 6.45) is -3.05. The third-order valence-corrected chi connectivity index (χ3v) is 4.44. The number of amides is 1. The maximum Gasteiger partial charge on any atom is 0.573 e. The Morgan fingerprint density at radius 1 is 1.12 bits per heavy atom. The molecule has 1 aromatic carbocycles. The number of carbonyl (C=O) groups is 1. The highest BCUT2D eigenvalue weighted by atomic mass is 19.4. The molecular formula is C17H20F3NO4. The number of likely N-dealkylation sites (tertiary alicyclic amines) is 1. The molecule has 0 unspecified atom stereocenters. The largest absolute Gasteiger partial charge is 0.573 e. The highest BCUT2D eigenvalue weighted by Crippen LogP contribution is 2.26. The second-order valence-electron chi connectivity index (χ2n) is 6.20. The molecule has 0 aromatic heterocycles. The quantitative estimate of drug-likeness (QED) is 0.830. The van der Waals surface area contributed by atoms with Gasteiger partial charge in [-0.25, -0.2) is 0 Å². The van der Waals surface area contributed by atoms with E-state index in [2.05, 4.69) is 4.74 Å². The lowest BCUT2D eigenvalue weighted by Gasteiger charge is -2.34. The molecule has 0 saturated carbocycles. The number of carbonyl (C=O) groups excluding carboxylic acids is 1. The number of piperidine rings is 1. The van der Waals surface area contributed by atoms with Crippen LogP contribution in [0.4, 0.5) is 13.2 Å². The second kappa shape index (κ2) is 7.61. The van der Waals surface area contributed by atoms with Crippen molar-refractivity contribution < 1.29 is 32.2 Å². The molecule has 5 nitrogen and oxygen atoms in total. The van der Waals surface area contributed by atoms with Crippen LogP contribution in [0.5, 0.6) is 5.75 Å². The maximum absolute atomic E-state index is 12.4. The molecule has 0 atom stereocenters. The Morgan fingerprint density at radius 2 is 1.72 bits per heavy atom. The molecular weight excluding hydrogens is 339 g/mol. The van der Waals surface area contributed by atoms with Crippen molar-refractivity contribution in [2.24, 2.45) is 5.92 Å². The van der Waals surface area contributed by atoms with Gasteiger partial charge in [-0.2, -0.15) is 0 Å². The van der Waals surface area contributed by atoms with Gasteiger partial charge >= 0.3 is 6.36 Å². The lowest BCUT2D eigenvalue weighted by atomic mass is 9.95. The number of alkyl halides is 3. The van der Waals surface area contributed by atoms with Crippen molar-refractivity contribution in [2.45, 2.75) is 31.9 Å². The summed E-state index contributed by atoms with van der Waals surface area (Å²) in [5.41, 5.74) is 0.657. The molecule has 3 rings (SSSR count). The van der Waals surface area contributed by atoms with E-state index < -0.39 is 6.36 Å². The Morgan fingerprint density at radius 3 is 2.28 bits per heavy atom. The number of rotatable bonds is 4. The highest BCUT2D eigenvalue weighted by Gasteiger charge is 2.32. The lowest BCUT2D eigenvalue weighted by molar-refractivity contribution is -0.274. The monoisotopic (exact) mass is 359 g/mol. The van der Waals surface area contributed by atoms with E-state index in [0.29, 0.717) is 37.8 Å². The zero-order chi connectivity index (χ0) is 17.9. The number of hydrogen-bond donors (Lipinski definition) is 0. The Labute approximate surface area is 143 Å². The van der Waals surface area contributed by atoms with E-state index in [1.807, 2.05) is 0 Å². The molecule has 1 aromatic rings. The summed E-state index contributed by atoms with van der Waals surface area (Å²) < 4.78 is 51.3. The van der Waals surface area contributed by atoms with Gasteiger partial charge in [-0.05, 0) is 30.5 Å². The molecule has 25 heavy (non-hydrogen) atoms. The van der Waals surface area contributed by atoms with Crippen molar-refractivity contribution in [1.82, 2.24) is 4.90 Å². The summed E-state index contributed by atoms with van der Waals surface area (Å²) >= 11 is 0. The van der Waals surface area contributed by atoms with Crippen molar-refractivity contribution in [2.75, 3.05) is 26.3 Å². The van der Waals surface area contributed by atoms with Crippen LogP contribution in [0.2, 0.25) is 0 Å². The van der Waals surface area contributed by atoms with Crippen LogP contribution in [0.3, 0.4) is 0 Å². The van der Waals surface area contributed by atoms with Gasteiger partial charge in [0.05, 0.1) is 19.6 Å². The Hall–Kier alpha value is -1.80. The molecule has 0 spiro atoms. The minimum absolute atomic E-state index is 0.0313. The predicted molar refractivity (Wildman–Crippen MR) is 81.8 cm³/mol. The van der Waals surface area contributed by atoms with Crippen LogP contribution in [0.15, 0.2) is 24.3 Å². The van der Waals surface area contributed by atoms with Crippen molar-refractivity contribution in [3.05, 3.63) is 29.8 Å². The SMILES string of the molecule is O=C(Cc1ccc(OC(F)(F)F)cc1)N1CCC(C2OCCO2)CC1. The van der Waals surface area contributed by atoms with Gasteiger partial charge in [0.25, 0.3) is 0 Å². The first kappa shape index (κ1) is 18.0. The topological polar surface area (TPSA) is 48.0 Å². The van der Waals surface area contributed by atoms with Crippen LogP contribution in [-0.2, 0) is 20.7 Å². The third kappa shape index (κ3) is 5.09. The van der Waals surface area contributed by atoms with Gasteiger partial charge in [0.2, 0.25) is 5.91 Å². The summed E-state index contributed by atoms with van der Waals surface area (Å²) in [6, 6.07) is 5.39. The predicted octanol–water partition coefficient (Wildman–Crippen LogP) is 2.74. The van der Waals surface area contributed by atoms with Crippen molar-refractivity contribution in [3.63, 3.8) is 0 Å². The van der Waals surface area contributed by atoms with Crippen molar-refractivity contribution in [3.8, 4) is 5.75 Å². The average molecular weight is 359 g/mol. The number of hydrogen-bond acceptors (Lipinski definition) is 4. The van der Waals surface area contributed by atoms with Gasteiger partial charge in [0.15, 0.2) is 6.29 Å². The van der Waals surface area contributed by atoms with Crippen molar-refractivity contribution >= 4 is 5.91 Å². The Bertz CT molecular complexity index is 577. The van der Waals surface area contributed by atoms with Gasteiger partial charge in [-0.3, -0.25) is 4.79 Å². The van der Waals surface area contributed by atoms with Crippen LogP contribution >= 0.6 is 0 Å². The number of nitrogens with zero attached hydrogens (tertiary/aromatic N) is 1. The summed E-state index contributed by atoms with van der Waals surface area (Å²) in [4.78, 5) is 14.1. The van der Waals surface area contributed by atoms with Gasteiger partial charge in [-0.1, -0.05) is 12.1 Å². The molecule has 0 radical (unpaired) electrons. The molecule has 2 saturated heterocycles. The molecule has 2 fully saturated rings. The molecule has 1 amide bonds.